The molecular formula is C79H150O17P2. The first kappa shape index (κ1) is 95.5. The Morgan fingerprint density at radius 2 is 0.602 bits per heavy atom. The summed E-state index contributed by atoms with van der Waals surface area (Å²) in [6.07, 6.45) is 61.6. The van der Waals surface area contributed by atoms with E-state index in [1.54, 1.807) is 0 Å². The number of phosphoric acid groups is 2. The molecule has 19 heteroatoms. The summed E-state index contributed by atoms with van der Waals surface area (Å²) in [6.45, 7) is 9.60. The zero-order valence-electron chi connectivity index (χ0n) is 63.6. The largest absolute Gasteiger partial charge is 0.472 e. The van der Waals surface area contributed by atoms with Gasteiger partial charge < -0.3 is 33.8 Å². The maximum atomic E-state index is 13.1. The van der Waals surface area contributed by atoms with Crippen molar-refractivity contribution in [3.05, 3.63) is 24.3 Å². The lowest BCUT2D eigenvalue weighted by Crippen LogP contribution is -2.30. The van der Waals surface area contributed by atoms with Crippen molar-refractivity contribution >= 4 is 39.5 Å². The van der Waals surface area contributed by atoms with Gasteiger partial charge in [-0.2, -0.15) is 0 Å². The molecule has 0 aromatic rings. The lowest BCUT2D eigenvalue weighted by molar-refractivity contribution is -0.161. The summed E-state index contributed by atoms with van der Waals surface area (Å²) in [6, 6.07) is 0. The van der Waals surface area contributed by atoms with E-state index in [2.05, 4.69) is 65.8 Å². The molecule has 0 saturated carbocycles. The topological polar surface area (TPSA) is 237 Å². The van der Waals surface area contributed by atoms with E-state index in [-0.39, 0.29) is 25.7 Å². The van der Waals surface area contributed by atoms with Crippen molar-refractivity contribution in [1.82, 2.24) is 0 Å². The second-order valence-electron chi connectivity index (χ2n) is 28.5. The number of rotatable bonds is 76. The molecule has 0 aromatic carbocycles. The Morgan fingerprint density at radius 1 is 0.337 bits per heavy atom. The standard InChI is InChI=1S/C79H150O17P2/c1-7-10-12-14-16-18-20-21-23-27-31-38-44-50-56-62-77(82)90-68-74(95-78(83)63-57-51-45-39-32-28-25-22-24-26-30-35-41-47-53-59-71(4)5)69-93-97(85,86)91-65-73(80)66-92-98(87,88)94-70-75(67-89-76(81)61-55-49-43-37-29-19-17-15-13-11-8-2)96-79(84)64-58-52-46-40-34-33-36-42-48-54-60-72(6)9-3/h18,20-21,23,71-75,80H,7-17,19,22,24-70H2,1-6H3,(H,85,86)(H,87,88)/b20-18-,23-21-/t72?,73-,74-,75-/m1/s1. The van der Waals surface area contributed by atoms with Crippen molar-refractivity contribution in [3.8, 4) is 0 Å². The van der Waals surface area contributed by atoms with Crippen molar-refractivity contribution in [2.75, 3.05) is 39.6 Å². The molecule has 0 aromatic heterocycles. The molecule has 6 atom stereocenters. The van der Waals surface area contributed by atoms with E-state index >= 15 is 0 Å². The molecule has 0 radical (unpaired) electrons. The lowest BCUT2D eigenvalue weighted by Gasteiger charge is -2.21. The number of hydrogen-bond acceptors (Lipinski definition) is 15. The average molecular weight is 1430 g/mol. The first-order valence-electron chi connectivity index (χ1n) is 40.3. The number of ether oxygens (including phenoxy) is 4. The molecule has 0 rings (SSSR count). The average Bonchev–Trinajstić information content (AvgIpc) is 0.992. The predicted molar refractivity (Wildman–Crippen MR) is 400 cm³/mol. The molecule has 0 fully saturated rings. The minimum atomic E-state index is -4.97. The van der Waals surface area contributed by atoms with Crippen molar-refractivity contribution in [1.29, 1.82) is 0 Å². The van der Waals surface area contributed by atoms with Crippen molar-refractivity contribution < 1.29 is 80.2 Å². The molecule has 0 aliphatic heterocycles. The third-order valence-electron chi connectivity index (χ3n) is 18.2. The van der Waals surface area contributed by atoms with Crippen LogP contribution < -0.4 is 0 Å². The molecule has 0 bridgehead atoms. The summed E-state index contributed by atoms with van der Waals surface area (Å²) in [7, 11) is -9.93. The molecule has 3 unspecified atom stereocenters. The Kier molecular flexibility index (Phi) is 68.5. The number of aliphatic hydroxyl groups is 1. The highest BCUT2D eigenvalue weighted by atomic mass is 31.2. The summed E-state index contributed by atoms with van der Waals surface area (Å²) in [4.78, 5) is 72.9. The van der Waals surface area contributed by atoms with Gasteiger partial charge in [0, 0.05) is 25.7 Å². The summed E-state index contributed by atoms with van der Waals surface area (Å²) < 4.78 is 68.6. The fourth-order valence-electron chi connectivity index (χ4n) is 11.6. The van der Waals surface area contributed by atoms with Crippen LogP contribution in [-0.4, -0.2) is 96.7 Å². The second-order valence-corrected chi connectivity index (χ2v) is 31.4. The monoisotopic (exact) mass is 1430 g/mol. The van der Waals surface area contributed by atoms with Gasteiger partial charge in [0.1, 0.15) is 19.3 Å². The SMILES string of the molecule is CCCCCC/C=C\C=C/CCCCCCCC(=O)OC[C@H](COP(=O)(O)OC[C@@H](O)COP(=O)(O)OC[C@@H](COC(=O)CCCCCCCCCCCCC)OC(=O)CCCCCCCCCCCCC(C)CC)OC(=O)CCCCCCCCCCCCCCCCCC(C)C. The van der Waals surface area contributed by atoms with Gasteiger partial charge in [-0.25, -0.2) is 9.13 Å². The van der Waals surface area contributed by atoms with Gasteiger partial charge in [0.25, 0.3) is 0 Å². The van der Waals surface area contributed by atoms with Crippen LogP contribution in [0.4, 0.5) is 0 Å². The van der Waals surface area contributed by atoms with Gasteiger partial charge >= 0.3 is 39.5 Å². The van der Waals surface area contributed by atoms with Gasteiger partial charge in [-0.1, -0.05) is 336 Å². The van der Waals surface area contributed by atoms with Crippen LogP contribution >= 0.6 is 15.6 Å². The van der Waals surface area contributed by atoms with Gasteiger partial charge in [-0.05, 0) is 63.2 Å². The summed E-state index contributed by atoms with van der Waals surface area (Å²) >= 11 is 0. The predicted octanol–water partition coefficient (Wildman–Crippen LogP) is 23.1. The van der Waals surface area contributed by atoms with E-state index < -0.39 is 97.5 Å². The Morgan fingerprint density at radius 3 is 0.918 bits per heavy atom. The van der Waals surface area contributed by atoms with Gasteiger partial charge in [0.2, 0.25) is 0 Å². The zero-order valence-corrected chi connectivity index (χ0v) is 65.4. The van der Waals surface area contributed by atoms with Crippen LogP contribution in [0.25, 0.3) is 0 Å². The fraction of sp³-hybridized carbons (Fsp3) is 0.899. The van der Waals surface area contributed by atoms with Crippen LogP contribution in [0.1, 0.15) is 388 Å². The molecule has 17 nitrogen and oxygen atoms in total. The number of esters is 4. The van der Waals surface area contributed by atoms with Crippen LogP contribution in [0.5, 0.6) is 0 Å². The van der Waals surface area contributed by atoms with Crippen LogP contribution in [0.3, 0.4) is 0 Å². The molecule has 0 saturated heterocycles. The second kappa shape index (κ2) is 70.2. The number of hydrogen-bond donors (Lipinski definition) is 3. The van der Waals surface area contributed by atoms with E-state index in [0.29, 0.717) is 25.7 Å². The Hall–Kier alpha value is -2.46. The van der Waals surface area contributed by atoms with Gasteiger partial charge in [-0.15, -0.1) is 0 Å². The minimum Gasteiger partial charge on any atom is -0.462 e. The van der Waals surface area contributed by atoms with E-state index in [9.17, 15) is 43.2 Å². The molecule has 0 amide bonds. The number of carbonyl (C=O) groups excluding carboxylic acids is 4. The first-order valence-corrected chi connectivity index (χ1v) is 43.3. The number of aliphatic hydroxyl groups excluding tert-OH is 1. The van der Waals surface area contributed by atoms with E-state index in [1.807, 2.05) is 0 Å². The minimum absolute atomic E-state index is 0.101. The number of allylic oxidation sites excluding steroid dienone is 4. The fourth-order valence-corrected chi connectivity index (χ4v) is 13.2. The van der Waals surface area contributed by atoms with Gasteiger partial charge in [-0.3, -0.25) is 37.3 Å². The Balaban J connectivity index is 5.29. The first-order chi connectivity index (χ1) is 47.4. The molecule has 0 heterocycles. The zero-order chi connectivity index (χ0) is 72.1. The maximum Gasteiger partial charge on any atom is 0.472 e. The van der Waals surface area contributed by atoms with Crippen LogP contribution in [0.15, 0.2) is 24.3 Å². The van der Waals surface area contributed by atoms with E-state index in [4.69, 9.17) is 37.0 Å². The van der Waals surface area contributed by atoms with E-state index in [1.165, 1.54) is 186 Å². The maximum absolute atomic E-state index is 13.1. The smallest absolute Gasteiger partial charge is 0.462 e. The van der Waals surface area contributed by atoms with Crippen LogP contribution in [-0.2, 0) is 65.4 Å². The molecule has 578 valence electrons. The van der Waals surface area contributed by atoms with Crippen molar-refractivity contribution in [2.24, 2.45) is 11.8 Å². The summed E-state index contributed by atoms with van der Waals surface area (Å²) in [5, 5.41) is 10.6. The highest BCUT2D eigenvalue weighted by molar-refractivity contribution is 7.47. The van der Waals surface area contributed by atoms with Crippen LogP contribution in [0, 0.1) is 11.8 Å². The Labute approximate surface area is 599 Å². The van der Waals surface area contributed by atoms with Gasteiger partial charge in [0.15, 0.2) is 12.2 Å². The van der Waals surface area contributed by atoms with Crippen molar-refractivity contribution in [3.63, 3.8) is 0 Å². The number of carbonyl (C=O) groups is 4. The molecule has 0 aliphatic rings. The highest BCUT2D eigenvalue weighted by Crippen LogP contribution is 2.45. The van der Waals surface area contributed by atoms with Crippen LogP contribution in [0.2, 0.25) is 0 Å². The Bertz CT molecular complexity index is 1990. The molecular weight excluding hydrogens is 1280 g/mol. The number of phosphoric ester groups is 2. The normalized spacial score (nSPS) is 14.4. The molecule has 0 spiro atoms. The van der Waals surface area contributed by atoms with Gasteiger partial charge in [0.05, 0.1) is 26.4 Å². The third-order valence-corrected chi connectivity index (χ3v) is 20.1. The van der Waals surface area contributed by atoms with Crippen molar-refractivity contribution in [2.45, 2.75) is 407 Å². The molecule has 0 aliphatic carbocycles. The summed E-state index contributed by atoms with van der Waals surface area (Å²) in [5.41, 5.74) is 0. The molecule has 98 heavy (non-hydrogen) atoms. The number of unbranched alkanes of at least 4 members (excludes halogenated alkanes) is 42. The highest BCUT2D eigenvalue weighted by Gasteiger charge is 2.30. The summed E-state index contributed by atoms with van der Waals surface area (Å²) in [5.74, 6) is -0.539. The van der Waals surface area contributed by atoms with E-state index in [0.717, 1.165) is 121 Å². The third kappa shape index (κ3) is 70.6. The molecule has 3 N–H and O–H groups in total. The quantitative estimate of drug-likeness (QED) is 0.0169. The lowest BCUT2D eigenvalue weighted by atomic mass is 9.99.